The number of amides is 1. The molecule has 0 spiro atoms. The molecule has 0 unspecified atom stereocenters. The molecule has 1 amide bonds. The number of rotatable bonds is 1. The van der Waals surface area contributed by atoms with E-state index >= 15 is 0 Å². The summed E-state index contributed by atoms with van der Waals surface area (Å²) in [6.45, 7) is 2.15. The summed E-state index contributed by atoms with van der Waals surface area (Å²) in [6.07, 6.45) is -4.59. The molecule has 8 heteroatoms. The summed E-state index contributed by atoms with van der Waals surface area (Å²) in [4.78, 5) is 16.5. The van der Waals surface area contributed by atoms with E-state index in [9.17, 15) is 18.0 Å². The second-order valence-corrected chi connectivity index (χ2v) is 4.34. The van der Waals surface area contributed by atoms with Gasteiger partial charge >= 0.3 is 6.18 Å². The number of anilines is 1. The van der Waals surface area contributed by atoms with Crippen LogP contribution in [-0.4, -0.2) is 30.0 Å². The SMILES string of the molecule is C[C@H]1C(=O)NCCN1c1nc(C(F)(F)F)ccc1C#N. The molecule has 1 aliphatic heterocycles. The van der Waals surface area contributed by atoms with Crippen LogP contribution < -0.4 is 10.2 Å². The van der Waals surface area contributed by atoms with Crippen molar-refractivity contribution >= 4 is 11.7 Å². The van der Waals surface area contributed by atoms with Crippen LogP contribution in [0.1, 0.15) is 18.2 Å². The molecule has 2 rings (SSSR count). The fourth-order valence-electron chi connectivity index (χ4n) is 1.98. The monoisotopic (exact) mass is 284 g/mol. The second-order valence-electron chi connectivity index (χ2n) is 4.34. The van der Waals surface area contributed by atoms with Gasteiger partial charge in [-0.25, -0.2) is 4.98 Å². The van der Waals surface area contributed by atoms with Crippen LogP contribution in [0.3, 0.4) is 0 Å². The fraction of sp³-hybridized carbons (Fsp3) is 0.417. The standard InChI is InChI=1S/C12H11F3N4O/c1-7-11(20)17-4-5-19(7)10-8(6-16)2-3-9(18-10)12(13,14)15/h2-3,7H,4-5H2,1H3,(H,17,20)/t7-/m0/s1. The maximum absolute atomic E-state index is 12.7. The van der Waals surface area contributed by atoms with Gasteiger partial charge in [0.1, 0.15) is 23.6 Å². The van der Waals surface area contributed by atoms with Crippen LogP contribution in [0.5, 0.6) is 0 Å². The minimum Gasteiger partial charge on any atom is -0.353 e. The molecule has 1 atom stereocenters. The lowest BCUT2D eigenvalue weighted by Gasteiger charge is -2.34. The Bertz CT molecular complexity index is 579. The number of piperazine rings is 1. The Balaban J connectivity index is 2.48. The molecule has 5 nitrogen and oxygen atoms in total. The van der Waals surface area contributed by atoms with E-state index in [0.29, 0.717) is 13.1 Å². The predicted molar refractivity (Wildman–Crippen MR) is 63.8 cm³/mol. The maximum Gasteiger partial charge on any atom is 0.433 e. The Kier molecular flexibility index (Phi) is 3.53. The normalized spacial score (nSPS) is 19.4. The summed E-state index contributed by atoms with van der Waals surface area (Å²) in [5.74, 6) is -0.413. The molecule has 1 N–H and O–H groups in total. The number of hydrogen-bond donors (Lipinski definition) is 1. The van der Waals surface area contributed by atoms with E-state index in [-0.39, 0.29) is 17.3 Å². The number of aromatic nitrogens is 1. The first-order valence-electron chi connectivity index (χ1n) is 5.87. The highest BCUT2D eigenvalue weighted by Gasteiger charge is 2.35. The van der Waals surface area contributed by atoms with E-state index in [0.717, 1.165) is 12.1 Å². The lowest BCUT2D eigenvalue weighted by atomic mass is 10.1. The molecule has 0 aliphatic carbocycles. The van der Waals surface area contributed by atoms with Gasteiger partial charge in [0.15, 0.2) is 0 Å². The zero-order chi connectivity index (χ0) is 14.9. The minimum atomic E-state index is -4.59. The van der Waals surface area contributed by atoms with Crippen molar-refractivity contribution in [3.8, 4) is 6.07 Å². The summed E-state index contributed by atoms with van der Waals surface area (Å²) in [6, 6.07) is 2.96. The number of nitrogens with one attached hydrogen (secondary N) is 1. The maximum atomic E-state index is 12.7. The molecule has 0 bridgehead atoms. The zero-order valence-corrected chi connectivity index (χ0v) is 10.5. The summed E-state index contributed by atoms with van der Waals surface area (Å²) in [5, 5.41) is 11.6. The molecule has 0 saturated carbocycles. The molecule has 1 aromatic heterocycles. The zero-order valence-electron chi connectivity index (χ0n) is 10.5. The summed E-state index contributed by atoms with van der Waals surface area (Å²) in [5.41, 5.74) is -1.07. The van der Waals surface area contributed by atoms with Gasteiger partial charge < -0.3 is 10.2 Å². The van der Waals surface area contributed by atoms with Crippen molar-refractivity contribution in [2.24, 2.45) is 0 Å². The molecule has 0 aromatic carbocycles. The molecule has 20 heavy (non-hydrogen) atoms. The third kappa shape index (κ3) is 2.52. The number of halogens is 3. The Hall–Kier alpha value is -2.30. The highest BCUT2D eigenvalue weighted by atomic mass is 19.4. The van der Waals surface area contributed by atoms with E-state index in [2.05, 4.69) is 10.3 Å². The van der Waals surface area contributed by atoms with Gasteiger partial charge in [-0.2, -0.15) is 18.4 Å². The number of carbonyl (C=O) groups excluding carboxylic acids is 1. The average molecular weight is 284 g/mol. The summed E-state index contributed by atoms with van der Waals surface area (Å²) in [7, 11) is 0. The van der Waals surface area contributed by atoms with Crippen molar-refractivity contribution in [2.45, 2.75) is 19.1 Å². The van der Waals surface area contributed by atoms with Gasteiger partial charge in [-0.15, -0.1) is 0 Å². The molecule has 1 saturated heterocycles. The van der Waals surface area contributed by atoms with Gasteiger partial charge in [0.05, 0.1) is 5.56 Å². The number of nitriles is 1. The molecular weight excluding hydrogens is 273 g/mol. The summed E-state index contributed by atoms with van der Waals surface area (Å²) >= 11 is 0. The van der Waals surface area contributed by atoms with Crippen LogP contribution >= 0.6 is 0 Å². The van der Waals surface area contributed by atoms with E-state index < -0.39 is 17.9 Å². The minimum absolute atomic E-state index is 0.0135. The average Bonchev–Trinajstić information content (AvgIpc) is 2.40. The van der Waals surface area contributed by atoms with Crippen molar-refractivity contribution in [3.05, 3.63) is 23.4 Å². The molecule has 1 aromatic rings. The molecule has 0 radical (unpaired) electrons. The van der Waals surface area contributed by atoms with Crippen LogP contribution in [0.2, 0.25) is 0 Å². The first kappa shape index (κ1) is 14.1. The van der Waals surface area contributed by atoms with Gasteiger partial charge in [-0.1, -0.05) is 0 Å². The molecule has 1 fully saturated rings. The van der Waals surface area contributed by atoms with Gasteiger partial charge in [0, 0.05) is 13.1 Å². The number of carbonyl (C=O) groups is 1. The Morgan fingerprint density at radius 2 is 2.20 bits per heavy atom. The Morgan fingerprint density at radius 3 is 2.80 bits per heavy atom. The highest BCUT2D eigenvalue weighted by molar-refractivity contribution is 5.86. The Labute approximate surface area is 113 Å². The third-order valence-electron chi connectivity index (χ3n) is 3.06. The Morgan fingerprint density at radius 1 is 1.50 bits per heavy atom. The van der Waals surface area contributed by atoms with Crippen LogP contribution in [-0.2, 0) is 11.0 Å². The van der Waals surface area contributed by atoms with E-state index in [4.69, 9.17) is 5.26 Å². The van der Waals surface area contributed by atoms with Crippen molar-refractivity contribution in [3.63, 3.8) is 0 Å². The number of alkyl halides is 3. The van der Waals surface area contributed by atoms with Gasteiger partial charge in [-0.3, -0.25) is 4.79 Å². The van der Waals surface area contributed by atoms with Crippen molar-refractivity contribution in [1.29, 1.82) is 5.26 Å². The predicted octanol–water partition coefficient (Wildman–Crippen LogP) is 1.30. The third-order valence-corrected chi connectivity index (χ3v) is 3.06. The van der Waals surface area contributed by atoms with Crippen molar-refractivity contribution in [2.75, 3.05) is 18.0 Å². The molecular formula is C12H11F3N4O. The van der Waals surface area contributed by atoms with Gasteiger partial charge in [0.25, 0.3) is 0 Å². The first-order valence-corrected chi connectivity index (χ1v) is 5.87. The second kappa shape index (κ2) is 5.00. The lowest BCUT2D eigenvalue weighted by molar-refractivity contribution is -0.141. The van der Waals surface area contributed by atoms with E-state index in [1.807, 2.05) is 0 Å². The van der Waals surface area contributed by atoms with Crippen LogP contribution in [0.25, 0.3) is 0 Å². The molecule has 1 aliphatic rings. The molecule has 106 valence electrons. The fourth-order valence-corrected chi connectivity index (χ4v) is 1.98. The summed E-state index contributed by atoms with van der Waals surface area (Å²) < 4.78 is 38.1. The van der Waals surface area contributed by atoms with Crippen molar-refractivity contribution in [1.82, 2.24) is 10.3 Å². The number of pyridine rings is 1. The number of hydrogen-bond acceptors (Lipinski definition) is 4. The van der Waals surface area contributed by atoms with E-state index in [1.165, 1.54) is 4.90 Å². The van der Waals surface area contributed by atoms with Crippen LogP contribution in [0.4, 0.5) is 19.0 Å². The van der Waals surface area contributed by atoms with Gasteiger partial charge in [-0.05, 0) is 19.1 Å². The highest BCUT2D eigenvalue weighted by Crippen LogP contribution is 2.31. The quantitative estimate of drug-likeness (QED) is 0.844. The largest absolute Gasteiger partial charge is 0.433 e. The van der Waals surface area contributed by atoms with Gasteiger partial charge in [0.2, 0.25) is 5.91 Å². The smallest absolute Gasteiger partial charge is 0.353 e. The van der Waals surface area contributed by atoms with Crippen LogP contribution in [0, 0.1) is 11.3 Å². The molecule has 2 heterocycles. The lowest BCUT2D eigenvalue weighted by Crippen LogP contribution is -2.54. The van der Waals surface area contributed by atoms with Crippen molar-refractivity contribution < 1.29 is 18.0 Å². The number of nitrogens with zero attached hydrogens (tertiary/aromatic N) is 3. The first-order chi connectivity index (χ1) is 9.34. The van der Waals surface area contributed by atoms with E-state index in [1.54, 1.807) is 13.0 Å². The van der Waals surface area contributed by atoms with Crippen LogP contribution in [0.15, 0.2) is 12.1 Å². The topological polar surface area (TPSA) is 69.0 Å².